The highest BCUT2D eigenvalue weighted by Gasteiger charge is 2.34. The Morgan fingerprint density at radius 1 is 1.29 bits per heavy atom. The number of amides is 1. The molecule has 1 aliphatic heterocycles. The quantitative estimate of drug-likeness (QED) is 0.368. The number of halogens is 1. The van der Waals surface area contributed by atoms with Crippen LogP contribution in [0.15, 0.2) is 29.3 Å². The van der Waals surface area contributed by atoms with Gasteiger partial charge >= 0.3 is 6.09 Å². The summed E-state index contributed by atoms with van der Waals surface area (Å²) in [7, 11) is 5.88. The van der Waals surface area contributed by atoms with Gasteiger partial charge in [-0.3, -0.25) is 4.99 Å². The monoisotopic (exact) mass is 503 g/mol. The van der Waals surface area contributed by atoms with E-state index in [0.717, 1.165) is 12.5 Å². The fourth-order valence-electron chi connectivity index (χ4n) is 2.82. The molecule has 1 aromatic rings. The van der Waals surface area contributed by atoms with Gasteiger partial charge in [0.05, 0.1) is 6.04 Å². The Hall–Kier alpha value is -1.55. The van der Waals surface area contributed by atoms with E-state index in [9.17, 15) is 4.79 Å². The van der Waals surface area contributed by atoms with Crippen LogP contribution in [0, 0.1) is 0 Å². The third kappa shape index (κ3) is 8.22. The second-order valence-electron chi connectivity index (χ2n) is 8.21. The topological polar surface area (TPSA) is 69.2 Å². The van der Waals surface area contributed by atoms with Gasteiger partial charge in [0.15, 0.2) is 5.96 Å². The molecular formula is C20H34IN5O2. The Morgan fingerprint density at radius 2 is 1.93 bits per heavy atom. The van der Waals surface area contributed by atoms with E-state index in [1.54, 1.807) is 11.9 Å². The fourth-order valence-corrected chi connectivity index (χ4v) is 2.82. The van der Waals surface area contributed by atoms with Gasteiger partial charge < -0.3 is 25.2 Å². The van der Waals surface area contributed by atoms with E-state index in [1.807, 2.05) is 20.8 Å². The van der Waals surface area contributed by atoms with Crippen molar-refractivity contribution in [2.45, 2.75) is 45.5 Å². The van der Waals surface area contributed by atoms with Gasteiger partial charge in [0.25, 0.3) is 0 Å². The molecule has 1 heterocycles. The molecule has 0 spiro atoms. The number of hydrogen-bond donors (Lipinski definition) is 2. The van der Waals surface area contributed by atoms with Crippen LogP contribution in [-0.4, -0.2) is 67.7 Å². The minimum absolute atomic E-state index is 0. The Bertz CT molecular complexity index is 667. The number of nitrogens with zero attached hydrogens (tertiary/aromatic N) is 3. The first kappa shape index (κ1) is 24.5. The van der Waals surface area contributed by atoms with Crippen LogP contribution in [0.5, 0.6) is 0 Å². The average Bonchev–Trinajstić information content (AvgIpc) is 2.51. The molecule has 8 heteroatoms. The molecule has 158 valence electrons. The van der Waals surface area contributed by atoms with Crippen LogP contribution >= 0.6 is 24.0 Å². The maximum absolute atomic E-state index is 12.0. The lowest BCUT2D eigenvalue weighted by atomic mass is 10.1. The number of carbonyl (C=O) groups excluding carboxylic acids is 1. The first-order valence-electron chi connectivity index (χ1n) is 9.34. The van der Waals surface area contributed by atoms with E-state index in [0.29, 0.717) is 19.6 Å². The van der Waals surface area contributed by atoms with Crippen LogP contribution in [-0.2, 0) is 17.8 Å². The number of rotatable bonds is 5. The van der Waals surface area contributed by atoms with Crippen molar-refractivity contribution in [2.24, 2.45) is 4.99 Å². The first-order valence-corrected chi connectivity index (χ1v) is 9.34. The van der Waals surface area contributed by atoms with E-state index in [1.165, 1.54) is 11.1 Å². The maximum Gasteiger partial charge on any atom is 0.410 e. The highest BCUT2D eigenvalue weighted by Crippen LogP contribution is 2.15. The predicted molar refractivity (Wildman–Crippen MR) is 124 cm³/mol. The summed E-state index contributed by atoms with van der Waals surface area (Å²) >= 11 is 0. The molecule has 0 atom stereocenters. The molecule has 1 aliphatic rings. The summed E-state index contributed by atoms with van der Waals surface area (Å²) in [6.07, 6.45) is -0.263. The maximum atomic E-state index is 12.0. The van der Waals surface area contributed by atoms with E-state index in [-0.39, 0.29) is 36.1 Å². The van der Waals surface area contributed by atoms with Crippen LogP contribution in [0.3, 0.4) is 0 Å². The van der Waals surface area contributed by atoms with Crippen molar-refractivity contribution < 1.29 is 9.53 Å². The molecule has 7 nitrogen and oxygen atoms in total. The summed E-state index contributed by atoms with van der Waals surface area (Å²) in [6, 6.07) is 8.71. The third-order valence-corrected chi connectivity index (χ3v) is 4.05. The van der Waals surface area contributed by atoms with E-state index >= 15 is 0 Å². The van der Waals surface area contributed by atoms with Gasteiger partial charge in [0, 0.05) is 33.2 Å². The van der Waals surface area contributed by atoms with Crippen molar-refractivity contribution in [3.05, 3.63) is 35.4 Å². The fraction of sp³-hybridized carbons (Fsp3) is 0.600. The van der Waals surface area contributed by atoms with Crippen molar-refractivity contribution in [1.82, 2.24) is 20.4 Å². The average molecular weight is 503 g/mol. The van der Waals surface area contributed by atoms with Gasteiger partial charge in [0.1, 0.15) is 5.60 Å². The van der Waals surface area contributed by atoms with Crippen LogP contribution < -0.4 is 10.6 Å². The molecular weight excluding hydrogens is 469 g/mol. The molecule has 0 aromatic heterocycles. The Kier molecular flexibility index (Phi) is 9.49. The molecule has 0 radical (unpaired) electrons. The second kappa shape index (κ2) is 10.8. The highest BCUT2D eigenvalue weighted by atomic mass is 127. The summed E-state index contributed by atoms with van der Waals surface area (Å²) in [5, 5.41) is 6.69. The largest absolute Gasteiger partial charge is 0.444 e. The number of benzene rings is 1. The van der Waals surface area contributed by atoms with Gasteiger partial charge in [-0.25, -0.2) is 4.79 Å². The lowest BCUT2D eigenvalue weighted by Gasteiger charge is -2.40. The van der Waals surface area contributed by atoms with Crippen LogP contribution in [0.1, 0.15) is 31.9 Å². The molecule has 0 aliphatic carbocycles. The number of nitrogens with one attached hydrogen (secondary N) is 2. The lowest BCUT2D eigenvalue weighted by molar-refractivity contribution is 0.00701. The van der Waals surface area contributed by atoms with Crippen molar-refractivity contribution in [3.8, 4) is 0 Å². The van der Waals surface area contributed by atoms with Gasteiger partial charge in [0.2, 0.25) is 0 Å². The number of aliphatic imine (C=N–C) groups is 1. The number of likely N-dealkylation sites (tertiary alicyclic amines) is 1. The summed E-state index contributed by atoms with van der Waals surface area (Å²) in [4.78, 5) is 20.1. The van der Waals surface area contributed by atoms with Crippen molar-refractivity contribution >= 4 is 36.0 Å². The van der Waals surface area contributed by atoms with Crippen molar-refractivity contribution in [1.29, 1.82) is 0 Å². The number of guanidine groups is 1. The van der Waals surface area contributed by atoms with Gasteiger partial charge in [-0.05, 0) is 46.0 Å². The molecule has 2 N–H and O–H groups in total. The molecule has 1 aromatic carbocycles. The minimum Gasteiger partial charge on any atom is -0.444 e. The second-order valence-corrected chi connectivity index (χ2v) is 8.21. The molecule has 0 saturated carbocycles. The highest BCUT2D eigenvalue weighted by molar-refractivity contribution is 14.0. The number of carbonyl (C=O) groups is 1. The van der Waals surface area contributed by atoms with Crippen LogP contribution in [0.4, 0.5) is 4.79 Å². The smallest absolute Gasteiger partial charge is 0.410 e. The van der Waals surface area contributed by atoms with Gasteiger partial charge in [-0.2, -0.15) is 0 Å². The molecule has 1 fully saturated rings. The molecule has 1 saturated heterocycles. The predicted octanol–water partition coefficient (Wildman–Crippen LogP) is 2.65. The Morgan fingerprint density at radius 3 is 2.50 bits per heavy atom. The minimum atomic E-state index is -0.464. The zero-order valence-electron chi connectivity index (χ0n) is 17.8. The normalized spacial score (nSPS) is 15.0. The van der Waals surface area contributed by atoms with Gasteiger partial charge in [-0.15, -0.1) is 24.0 Å². The summed E-state index contributed by atoms with van der Waals surface area (Å²) in [5.74, 6) is 0.738. The molecule has 2 rings (SSSR count). The Balaban J connectivity index is 0.00000392. The van der Waals surface area contributed by atoms with E-state index < -0.39 is 5.60 Å². The van der Waals surface area contributed by atoms with Gasteiger partial charge in [-0.1, -0.05) is 24.3 Å². The number of ether oxygens (including phenoxy) is 1. The summed E-state index contributed by atoms with van der Waals surface area (Å²) in [6.45, 7) is 8.48. The SMILES string of the molecule is CN=C(NCc1cccc(CN(C)C)c1)NC1CN(C(=O)OC(C)(C)C)C1.I. The molecule has 0 unspecified atom stereocenters. The molecule has 28 heavy (non-hydrogen) atoms. The lowest BCUT2D eigenvalue weighted by Crippen LogP contribution is -2.63. The van der Waals surface area contributed by atoms with Crippen molar-refractivity contribution in [3.63, 3.8) is 0 Å². The van der Waals surface area contributed by atoms with Crippen LogP contribution in [0.25, 0.3) is 0 Å². The van der Waals surface area contributed by atoms with Crippen molar-refractivity contribution in [2.75, 3.05) is 34.2 Å². The zero-order valence-corrected chi connectivity index (χ0v) is 20.1. The Labute approximate surface area is 185 Å². The van der Waals surface area contributed by atoms with Crippen LogP contribution in [0.2, 0.25) is 0 Å². The summed E-state index contributed by atoms with van der Waals surface area (Å²) in [5.41, 5.74) is 2.03. The first-order chi connectivity index (χ1) is 12.7. The number of hydrogen-bond acceptors (Lipinski definition) is 4. The molecule has 1 amide bonds. The standard InChI is InChI=1S/C20H33N5O2.HI/c1-20(2,3)27-19(26)25-13-17(14-25)23-18(21-4)22-11-15-8-7-9-16(10-15)12-24(5)6;/h7-10,17H,11-14H2,1-6H3,(H2,21,22,23);1H. The van der Waals surface area contributed by atoms with E-state index in [2.05, 4.69) is 58.9 Å². The molecule has 0 bridgehead atoms. The third-order valence-electron chi connectivity index (χ3n) is 4.05. The van der Waals surface area contributed by atoms with E-state index in [4.69, 9.17) is 4.74 Å². The summed E-state index contributed by atoms with van der Waals surface area (Å²) < 4.78 is 5.38. The zero-order chi connectivity index (χ0) is 20.0.